The topological polar surface area (TPSA) is 92.4 Å². The van der Waals surface area contributed by atoms with Crippen molar-refractivity contribution in [2.75, 3.05) is 0 Å². The Labute approximate surface area is 113 Å². The Morgan fingerprint density at radius 2 is 2.26 bits per heavy atom. The molecule has 2 rings (SSSR count). The van der Waals surface area contributed by atoms with Crippen LogP contribution in [0.1, 0.15) is 44.4 Å². The minimum absolute atomic E-state index is 0.000945. The predicted molar refractivity (Wildman–Crippen MR) is 68.4 cm³/mol. The number of carboxylic acids is 1. The van der Waals surface area contributed by atoms with Crippen LogP contribution in [0, 0.1) is 6.92 Å². The summed E-state index contributed by atoms with van der Waals surface area (Å²) in [5.74, 6) is -1.24. The summed E-state index contributed by atoms with van der Waals surface area (Å²) in [6.45, 7) is 3.20. The van der Waals surface area contributed by atoms with Gasteiger partial charge < -0.3 is 14.9 Å². The van der Waals surface area contributed by atoms with E-state index in [2.05, 4.69) is 10.5 Å². The Morgan fingerprint density at radius 1 is 1.53 bits per heavy atom. The first kappa shape index (κ1) is 13.3. The summed E-state index contributed by atoms with van der Waals surface area (Å²) in [7, 11) is 0. The molecule has 0 unspecified atom stereocenters. The normalized spacial score (nSPS) is 12.1. The van der Waals surface area contributed by atoms with Gasteiger partial charge in [0.1, 0.15) is 5.56 Å². The van der Waals surface area contributed by atoms with Crippen LogP contribution in [0.4, 0.5) is 0 Å². The summed E-state index contributed by atoms with van der Waals surface area (Å²) >= 11 is 1.31. The van der Waals surface area contributed by atoms with Gasteiger partial charge >= 0.3 is 5.97 Å². The molecule has 6 nitrogen and oxygen atoms in total. The Hall–Kier alpha value is -2.15. The number of hydrogen-bond donors (Lipinski definition) is 2. The minimum Gasteiger partial charge on any atom is -0.477 e. The minimum atomic E-state index is -1.12. The number of carbonyl (C=O) groups is 2. The number of thiophene rings is 1. The van der Waals surface area contributed by atoms with Crippen LogP contribution in [0.5, 0.6) is 0 Å². The number of carbonyl (C=O) groups excluding carboxylic acids is 1. The summed E-state index contributed by atoms with van der Waals surface area (Å²) < 4.78 is 4.99. The summed E-state index contributed by atoms with van der Waals surface area (Å²) in [6, 6.07) is 2.89. The van der Waals surface area contributed by atoms with Gasteiger partial charge in [0.05, 0.1) is 16.6 Å². The molecule has 2 aromatic rings. The molecular formula is C12H12N2O4S. The van der Waals surface area contributed by atoms with Gasteiger partial charge in [-0.3, -0.25) is 4.79 Å². The van der Waals surface area contributed by atoms with Gasteiger partial charge in [-0.1, -0.05) is 11.2 Å². The average molecular weight is 280 g/mol. The molecule has 1 amide bonds. The highest BCUT2D eigenvalue weighted by atomic mass is 32.1. The highest BCUT2D eigenvalue weighted by Gasteiger charge is 2.25. The lowest BCUT2D eigenvalue weighted by molar-refractivity contribution is 0.0690. The molecule has 0 saturated heterocycles. The fourth-order valence-corrected chi connectivity index (χ4v) is 2.31. The second-order valence-corrected chi connectivity index (χ2v) is 4.93. The van der Waals surface area contributed by atoms with Gasteiger partial charge in [0.2, 0.25) is 0 Å². The Bertz CT molecular complexity index is 603. The standard InChI is InChI=1S/C12H12N2O4S/c1-6-9(12(16)17)10(18-14-6)7(2)13-11(15)8-4-3-5-19-8/h3-5,7H,1-2H3,(H,13,15)(H,16,17)/t7-/m1/s1. The molecule has 0 aromatic carbocycles. The SMILES string of the molecule is Cc1noc([C@@H](C)NC(=O)c2cccs2)c1C(=O)O. The number of hydrogen-bond acceptors (Lipinski definition) is 5. The van der Waals surface area contributed by atoms with Crippen LogP contribution in [0.15, 0.2) is 22.0 Å². The number of rotatable bonds is 4. The maximum absolute atomic E-state index is 11.9. The lowest BCUT2D eigenvalue weighted by atomic mass is 10.1. The van der Waals surface area contributed by atoms with Gasteiger partial charge in [0.25, 0.3) is 5.91 Å². The van der Waals surface area contributed by atoms with Gasteiger partial charge in [0, 0.05) is 0 Å². The molecule has 0 bridgehead atoms. The van der Waals surface area contributed by atoms with Gasteiger partial charge in [0.15, 0.2) is 5.76 Å². The first-order chi connectivity index (χ1) is 9.00. The average Bonchev–Trinajstić information content (AvgIpc) is 2.96. The maximum Gasteiger partial charge on any atom is 0.341 e. The highest BCUT2D eigenvalue weighted by Crippen LogP contribution is 2.21. The second-order valence-electron chi connectivity index (χ2n) is 3.98. The molecule has 0 radical (unpaired) electrons. The molecule has 2 heterocycles. The monoisotopic (exact) mass is 280 g/mol. The van der Waals surface area contributed by atoms with E-state index in [4.69, 9.17) is 9.63 Å². The third-order valence-corrected chi connectivity index (χ3v) is 3.46. The van der Waals surface area contributed by atoms with E-state index in [1.807, 2.05) is 0 Å². The molecule has 0 aliphatic heterocycles. The fraction of sp³-hybridized carbons (Fsp3) is 0.250. The van der Waals surface area contributed by atoms with Crippen molar-refractivity contribution in [3.05, 3.63) is 39.4 Å². The van der Waals surface area contributed by atoms with Crippen molar-refractivity contribution < 1.29 is 19.2 Å². The van der Waals surface area contributed by atoms with Crippen LogP contribution in [0.3, 0.4) is 0 Å². The first-order valence-electron chi connectivity index (χ1n) is 5.54. The molecule has 100 valence electrons. The highest BCUT2D eigenvalue weighted by molar-refractivity contribution is 7.12. The molecule has 0 aliphatic carbocycles. The summed E-state index contributed by atoms with van der Waals surface area (Å²) in [6.07, 6.45) is 0. The Kier molecular flexibility index (Phi) is 3.66. The van der Waals surface area contributed by atoms with Crippen molar-refractivity contribution in [3.8, 4) is 0 Å². The smallest absolute Gasteiger partial charge is 0.341 e. The van der Waals surface area contributed by atoms with E-state index in [0.29, 0.717) is 10.6 Å². The zero-order chi connectivity index (χ0) is 14.0. The van der Waals surface area contributed by atoms with E-state index < -0.39 is 12.0 Å². The molecule has 0 spiro atoms. The molecular weight excluding hydrogens is 268 g/mol. The maximum atomic E-state index is 11.9. The van der Waals surface area contributed by atoms with Crippen LogP contribution < -0.4 is 5.32 Å². The van der Waals surface area contributed by atoms with E-state index in [0.717, 1.165) is 0 Å². The van der Waals surface area contributed by atoms with E-state index in [1.54, 1.807) is 31.4 Å². The number of aromatic carboxylic acids is 1. The Balaban J connectivity index is 2.19. The van der Waals surface area contributed by atoms with Crippen LogP contribution in [-0.2, 0) is 0 Å². The van der Waals surface area contributed by atoms with Crippen molar-refractivity contribution in [2.45, 2.75) is 19.9 Å². The zero-order valence-electron chi connectivity index (χ0n) is 10.3. The number of amides is 1. The lowest BCUT2D eigenvalue weighted by Gasteiger charge is -2.10. The fourth-order valence-electron chi connectivity index (χ4n) is 1.68. The molecule has 7 heteroatoms. The third-order valence-electron chi connectivity index (χ3n) is 2.59. The number of aryl methyl sites for hydroxylation is 1. The van der Waals surface area contributed by atoms with Crippen LogP contribution in [0.2, 0.25) is 0 Å². The molecule has 0 saturated carbocycles. The molecule has 2 aromatic heterocycles. The van der Waals surface area contributed by atoms with E-state index >= 15 is 0 Å². The molecule has 1 atom stereocenters. The Morgan fingerprint density at radius 3 is 2.84 bits per heavy atom. The van der Waals surface area contributed by atoms with Crippen LogP contribution in [0.25, 0.3) is 0 Å². The zero-order valence-corrected chi connectivity index (χ0v) is 11.2. The summed E-state index contributed by atoms with van der Waals surface area (Å²) in [5.41, 5.74) is 0.290. The number of carboxylic acid groups (broad SMARTS) is 1. The molecule has 2 N–H and O–H groups in total. The van der Waals surface area contributed by atoms with E-state index in [9.17, 15) is 9.59 Å². The van der Waals surface area contributed by atoms with Gasteiger partial charge in [-0.15, -0.1) is 11.3 Å². The first-order valence-corrected chi connectivity index (χ1v) is 6.42. The van der Waals surface area contributed by atoms with Crippen molar-refractivity contribution in [1.82, 2.24) is 10.5 Å². The van der Waals surface area contributed by atoms with E-state index in [1.165, 1.54) is 11.3 Å². The van der Waals surface area contributed by atoms with Crippen LogP contribution >= 0.6 is 11.3 Å². The van der Waals surface area contributed by atoms with Crippen molar-refractivity contribution in [1.29, 1.82) is 0 Å². The quantitative estimate of drug-likeness (QED) is 0.896. The predicted octanol–water partition coefficient (Wildman–Crippen LogP) is 2.23. The third kappa shape index (κ3) is 2.65. The summed E-state index contributed by atoms with van der Waals surface area (Å²) in [5, 5.41) is 17.2. The lowest BCUT2D eigenvalue weighted by Crippen LogP contribution is -2.26. The number of aromatic nitrogens is 1. The molecule has 19 heavy (non-hydrogen) atoms. The second kappa shape index (κ2) is 5.23. The van der Waals surface area contributed by atoms with Gasteiger partial charge in [-0.05, 0) is 25.3 Å². The largest absolute Gasteiger partial charge is 0.477 e. The van der Waals surface area contributed by atoms with E-state index in [-0.39, 0.29) is 17.2 Å². The van der Waals surface area contributed by atoms with Crippen molar-refractivity contribution in [2.24, 2.45) is 0 Å². The summed E-state index contributed by atoms with van der Waals surface area (Å²) in [4.78, 5) is 23.5. The molecule has 0 aliphatic rings. The van der Waals surface area contributed by atoms with Crippen molar-refractivity contribution in [3.63, 3.8) is 0 Å². The van der Waals surface area contributed by atoms with Gasteiger partial charge in [-0.2, -0.15) is 0 Å². The van der Waals surface area contributed by atoms with Crippen molar-refractivity contribution >= 4 is 23.2 Å². The van der Waals surface area contributed by atoms with Crippen LogP contribution in [-0.4, -0.2) is 22.1 Å². The number of nitrogens with one attached hydrogen (secondary N) is 1. The van der Waals surface area contributed by atoms with Gasteiger partial charge in [-0.25, -0.2) is 4.79 Å². The number of nitrogens with zero attached hydrogens (tertiary/aromatic N) is 1. The molecule has 0 fully saturated rings.